The first-order chi connectivity index (χ1) is 11.6. The predicted molar refractivity (Wildman–Crippen MR) is 87.9 cm³/mol. The number of hydrogen-bond acceptors (Lipinski definition) is 4. The van der Waals surface area contributed by atoms with Gasteiger partial charge in [0, 0.05) is 30.7 Å². The summed E-state index contributed by atoms with van der Waals surface area (Å²) in [4.78, 5) is 7.95. The first-order valence-corrected chi connectivity index (χ1v) is 8.64. The molecule has 3 rings (SSSR count). The molecule has 24 heavy (non-hydrogen) atoms. The van der Waals surface area contributed by atoms with Gasteiger partial charge in [-0.25, -0.2) is 17.5 Å². The summed E-state index contributed by atoms with van der Waals surface area (Å²) in [5, 5.41) is 0. The average Bonchev–Trinajstić information content (AvgIpc) is 2.61. The molecule has 1 aromatic carbocycles. The van der Waals surface area contributed by atoms with Crippen LogP contribution in [-0.4, -0.2) is 18.4 Å². The van der Waals surface area contributed by atoms with Gasteiger partial charge in [0.25, 0.3) is 0 Å². The third kappa shape index (κ3) is 3.64. The standard InChI is InChI=1S/C17H14FN3O2S/c18-15-5-1-2-6-17(15)24(22,23)21-11-13-7-8-16(20-10-13)14-4-3-9-19-12-14/h1-10,12,21H,11H2. The molecule has 0 spiro atoms. The molecule has 0 aliphatic carbocycles. The molecule has 5 nitrogen and oxygen atoms in total. The number of benzene rings is 1. The van der Waals surface area contributed by atoms with Gasteiger partial charge in [-0.3, -0.25) is 9.97 Å². The highest BCUT2D eigenvalue weighted by molar-refractivity contribution is 7.89. The molecule has 122 valence electrons. The molecule has 1 N–H and O–H groups in total. The second kappa shape index (κ2) is 6.86. The molecule has 0 amide bonds. The SMILES string of the molecule is O=S(=O)(NCc1ccc(-c2cccnc2)nc1)c1ccccc1F. The van der Waals surface area contributed by atoms with E-state index in [1.165, 1.54) is 18.2 Å². The summed E-state index contributed by atoms with van der Waals surface area (Å²) in [5.41, 5.74) is 2.28. The minimum absolute atomic E-state index is 0.0248. The lowest BCUT2D eigenvalue weighted by molar-refractivity contribution is 0.557. The highest BCUT2D eigenvalue weighted by Crippen LogP contribution is 2.16. The van der Waals surface area contributed by atoms with Crippen molar-refractivity contribution >= 4 is 10.0 Å². The molecular formula is C17H14FN3O2S. The predicted octanol–water partition coefficient (Wildman–Crippen LogP) is 2.76. The molecule has 0 saturated heterocycles. The fraction of sp³-hybridized carbons (Fsp3) is 0.0588. The number of sulfonamides is 1. The van der Waals surface area contributed by atoms with Crippen LogP contribution in [0.1, 0.15) is 5.56 Å². The van der Waals surface area contributed by atoms with E-state index in [2.05, 4.69) is 14.7 Å². The van der Waals surface area contributed by atoms with E-state index in [1.54, 1.807) is 30.7 Å². The third-order valence-corrected chi connectivity index (χ3v) is 4.81. The lowest BCUT2D eigenvalue weighted by Crippen LogP contribution is -2.24. The van der Waals surface area contributed by atoms with Gasteiger partial charge < -0.3 is 0 Å². The van der Waals surface area contributed by atoms with Crippen molar-refractivity contribution in [2.45, 2.75) is 11.4 Å². The summed E-state index contributed by atoms with van der Waals surface area (Å²) >= 11 is 0. The molecule has 0 bridgehead atoms. The Balaban J connectivity index is 1.72. The average molecular weight is 343 g/mol. The molecule has 2 aromatic heterocycles. The summed E-state index contributed by atoms with van der Waals surface area (Å²) in [7, 11) is -3.91. The molecule has 2 heterocycles. The van der Waals surface area contributed by atoms with Gasteiger partial charge in [-0.15, -0.1) is 0 Å². The van der Waals surface area contributed by atoms with E-state index in [-0.39, 0.29) is 11.4 Å². The van der Waals surface area contributed by atoms with Gasteiger partial charge in [0.05, 0.1) is 5.69 Å². The molecule has 0 atom stereocenters. The van der Waals surface area contributed by atoms with Crippen LogP contribution in [0.25, 0.3) is 11.3 Å². The van der Waals surface area contributed by atoms with Gasteiger partial charge in [0.15, 0.2) is 0 Å². The Bertz CT molecular complexity index is 930. The molecule has 0 fully saturated rings. The summed E-state index contributed by atoms with van der Waals surface area (Å²) in [6.07, 6.45) is 4.95. The van der Waals surface area contributed by atoms with Gasteiger partial charge in [-0.1, -0.05) is 18.2 Å². The summed E-state index contributed by atoms with van der Waals surface area (Å²) in [6, 6.07) is 12.5. The minimum atomic E-state index is -3.91. The van der Waals surface area contributed by atoms with Gasteiger partial charge in [0.2, 0.25) is 10.0 Å². The van der Waals surface area contributed by atoms with Crippen LogP contribution in [-0.2, 0) is 16.6 Å². The molecule has 0 saturated carbocycles. The van der Waals surface area contributed by atoms with E-state index >= 15 is 0 Å². The van der Waals surface area contributed by atoms with Crippen molar-refractivity contribution in [1.82, 2.24) is 14.7 Å². The molecule has 0 radical (unpaired) electrons. The maximum atomic E-state index is 13.6. The number of pyridine rings is 2. The quantitative estimate of drug-likeness (QED) is 0.773. The van der Waals surface area contributed by atoms with Crippen LogP contribution in [0.3, 0.4) is 0 Å². The number of halogens is 1. The number of nitrogens with zero attached hydrogens (tertiary/aromatic N) is 2. The van der Waals surface area contributed by atoms with Crippen molar-refractivity contribution < 1.29 is 12.8 Å². The zero-order valence-electron chi connectivity index (χ0n) is 12.6. The Kier molecular flexibility index (Phi) is 4.64. The molecular weight excluding hydrogens is 329 g/mol. The van der Waals surface area contributed by atoms with E-state index in [4.69, 9.17) is 0 Å². The largest absolute Gasteiger partial charge is 0.264 e. The van der Waals surface area contributed by atoms with E-state index in [9.17, 15) is 12.8 Å². The Labute approximate surface area is 139 Å². The van der Waals surface area contributed by atoms with E-state index in [1.807, 2.05) is 12.1 Å². The highest BCUT2D eigenvalue weighted by atomic mass is 32.2. The van der Waals surface area contributed by atoms with Gasteiger partial charge in [-0.2, -0.15) is 0 Å². The van der Waals surface area contributed by atoms with Crippen molar-refractivity contribution in [2.24, 2.45) is 0 Å². The molecule has 3 aromatic rings. The van der Waals surface area contributed by atoms with Crippen LogP contribution in [0.2, 0.25) is 0 Å². The van der Waals surface area contributed by atoms with Crippen LogP contribution in [0.15, 0.2) is 72.0 Å². The summed E-state index contributed by atoms with van der Waals surface area (Å²) in [6.45, 7) is 0.0248. The maximum absolute atomic E-state index is 13.6. The van der Waals surface area contributed by atoms with Gasteiger partial charge in [-0.05, 0) is 35.9 Å². The third-order valence-electron chi connectivity index (χ3n) is 3.37. The molecule has 0 aliphatic rings. The Morgan fingerprint density at radius 2 is 1.83 bits per heavy atom. The lowest BCUT2D eigenvalue weighted by atomic mass is 10.1. The number of hydrogen-bond donors (Lipinski definition) is 1. The first kappa shape index (κ1) is 16.2. The summed E-state index contributed by atoms with van der Waals surface area (Å²) < 4.78 is 40.3. The number of aromatic nitrogens is 2. The van der Waals surface area contributed by atoms with Crippen molar-refractivity contribution in [3.8, 4) is 11.3 Å². The Morgan fingerprint density at radius 3 is 2.50 bits per heavy atom. The molecule has 0 aliphatic heterocycles. The van der Waals surface area contributed by atoms with Gasteiger partial charge in [0.1, 0.15) is 10.7 Å². The van der Waals surface area contributed by atoms with Crippen LogP contribution in [0, 0.1) is 5.82 Å². The Hall–Kier alpha value is -2.64. The summed E-state index contributed by atoms with van der Waals surface area (Å²) in [5.74, 6) is -0.782. The van der Waals surface area contributed by atoms with Crippen molar-refractivity contribution in [2.75, 3.05) is 0 Å². The topological polar surface area (TPSA) is 72.0 Å². The number of rotatable bonds is 5. The second-order valence-corrected chi connectivity index (χ2v) is 6.78. The normalized spacial score (nSPS) is 11.4. The lowest BCUT2D eigenvalue weighted by Gasteiger charge is -2.08. The first-order valence-electron chi connectivity index (χ1n) is 7.16. The number of nitrogens with one attached hydrogen (secondary N) is 1. The van der Waals surface area contributed by atoms with Crippen molar-refractivity contribution in [3.05, 3.63) is 78.5 Å². The van der Waals surface area contributed by atoms with Crippen molar-refractivity contribution in [1.29, 1.82) is 0 Å². The van der Waals surface area contributed by atoms with E-state index in [0.29, 0.717) is 5.56 Å². The monoisotopic (exact) mass is 343 g/mol. The maximum Gasteiger partial charge on any atom is 0.243 e. The zero-order valence-corrected chi connectivity index (χ0v) is 13.4. The molecule has 0 unspecified atom stereocenters. The zero-order chi connectivity index (χ0) is 17.0. The second-order valence-electron chi connectivity index (χ2n) is 5.05. The fourth-order valence-corrected chi connectivity index (χ4v) is 3.23. The van der Waals surface area contributed by atoms with E-state index < -0.39 is 15.8 Å². The fourth-order valence-electron chi connectivity index (χ4n) is 2.13. The molecule has 7 heteroatoms. The smallest absolute Gasteiger partial charge is 0.243 e. The Morgan fingerprint density at radius 1 is 1.00 bits per heavy atom. The van der Waals surface area contributed by atoms with Gasteiger partial charge >= 0.3 is 0 Å². The van der Waals surface area contributed by atoms with Crippen molar-refractivity contribution in [3.63, 3.8) is 0 Å². The van der Waals surface area contributed by atoms with Crippen LogP contribution in [0.5, 0.6) is 0 Å². The highest BCUT2D eigenvalue weighted by Gasteiger charge is 2.17. The van der Waals surface area contributed by atoms with E-state index in [0.717, 1.165) is 17.3 Å². The van der Waals surface area contributed by atoms with Crippen LogP contribution < -0.4 is 4.72 Å². The van der Waals surface area contributed by atoms with Crippen LogP contribution >= 0.6 is 0 Å². The minimum Gasteiger partial charge on any atom is -0.264 e. The van der Waals surface area contributed by atoms with Crippen LogP contribution in [0.4, 0.5) is 4.39 Å².